The first kappa shape index (κ1) is 18.2. The molecule has 0 aliphatic rings. The van der Waals surface area contributed by atoms with Crippen molar-refractivity contribution < 1.29 is 24.2 Å². The van der Waals surface area contributed by atoms with Crippen LogP contribution < -0.4 is 16.0 Å². The quantitative estimate of drug-likeness (QED) is 0.649. The van der Waals surface area contributed by atoms with Gasteiger partial charge in [0.25, 0.3) is 0 Å². The number of phenolic OH excluding ortho intramolecular Hbond substituents is 1. The number of aliphatic carboxylic acids is 1. The average molecular weight is 366 g/mol. The smallest absolute Gasteiger partial charge is 0.340 e. The summed E-state index contributed by atoms with van der Waals surface area (Å²) in [5.41, 5.74) is 0.504. The van der Waals surface area contributed by atoms with Crippen molar-refractivity contribution in [3.05, 3.63) is 75.6 Å². The van der Waals surface area contributed by atoms with Gasteiger partial charge < -0.3 is 24.7 Å². The monoisotopic (exact) mass is 366 g/mol. The molecule has 2 aromatic carbocycles. The van der Waals surface area contributed by atoms with Crippen LogP contribution in [0.2, 0.25) is 0 Å². The number of rotatable bonds is 5. The minimum Gasteiger partial charge on any atom is -0.548 e. The van der Waals surface area contributed by atoms with Crippen LogP contribution in [0.4, 0.5) is 0 Å². The Morgan fingerprint density at radius 2 is 1.89 bits per heavy atom. The molecule has 2 N–H and O–H groups in total. The topological polar surface area (TPSA) is 120 Å². The van der Waals surface area contributed by atoms with E-state index in [0.717, 1.165) is 0 Å². The molecular formula is C20H16NO6-. The van der Waals surface area contributed by atoms with Crippen LogP contribution >= 0.6 is 0 Å². The van der Waals surface area contributed by atoms with E-state index in [-0.39, 0.29) is 23.3 Å². The Morgan fingerprint density at radius 1 is 1.19 bits per heavy atom. The lowest BCUT2D eigenvalue weighted by Gasteiger charge is -2.20. The fraction of sp³-hybridized carbons (Fsp3) is 0.150. The molecule has 0 radical (unpaired) electrons. The van der Waals surface area contributed by atoms with E-state index >= 15 is 0 Å². The molecule has 0 saturated heterocycles. The van der Waals surface area contributed by atoms with E-state index in [1.165, 1.54) is 12.1 Å². The summed E-state index contributed by atoms with van der Waals surface area (Å²) in [7, 11) is 0. The summed E-state index contributed by atoms with van der Waals surface area (Å²) in [5.74, 6) is -2.15. The molecule has 3 rings (SSSR count). The molecule has 1 heterocycles. The van der Waals surface area contributed by atoms with E-state index in [1.807, 2.05) is 0 Å². The number of carbonyl (C=O) groups is 2. The third kappa shape index (κ3) is 3.82. The summed E-state index contributed by atoms with van der Waals surface area (Å²) < 4.78 is 5.17. The van der Waals surface area contributed by atoms with E-state index in [9.17, 15) is 24.6 Å². The van der Waals surface area contributed by atoms with Crippen molar-refractivity contribution in [3.63, 3.8) is 0 Å². The maximum absolute atomic E-state index is 12.4. The van der Waals surface area contributed by atoms with Crippen LogP contribution in [-0.2, 0) is 16.0 Å². The summed E-state index contributed by atoms with van der Waals surface area (Å²) in [6.45, 7) is 1.66. The summed E-state index contributed by atoms with van der Waals surface area (Å²) in [6.07, 6.45) is -0.346. The van der Waals surface area contributed by atoms with Crippen LogP contribution in [0, 0.1) is 6.92 Å². The van der Waals surface area contributed by atoms with Crippen LogP contribution in [0.15, 0.2) is 57.7 Å². The fourth-order valence-electron chi connectivity index (χ4n) is 2.88. The lowest BCUT2D eigenvalue weighted by atomic mass is 10.0. The highest BCUT2D eigenvalue weighted by atomic mass is 16.4. The van der Waals surface area contributed by atoms with Crippen LogP contribution in [0.5, 0.6) is 5.75 Å². The minimum atomic E-state index is -1.45. The Hall–Kier alpha value is -3.61. The third-order valence-corrected chi connectivity index (χ3v) is 4.28. The second-order valence-corrected chi connectivity index (χ2v) is 6.08. The van der Waals surface area contributed by atoms with Crippen LogP contribution in [-0.4, -0.2) is 17.0 Å². The number of carbonyl (C=O) groups excluding carboxylic acids is 2. The van der Waals surface area contributed by atoms with Crippen LogP contribution in [0.3, 0.4) is 0 Å². The van der Waals surface area contributed by atoms with E-state index < -0.39 is 23.5 Å². The highest BCUT2D eigenvalue weighted by Crippen LogP contribution is 2.23. The number of phenols is 1. The molecular weight excluding hydrogens is 350 g/mol. The lowest BCUT2D eigenvalue weighted by molar-refractivity contribution is -0.308. The maximum Gasteiger partial charge on any atom is 0.340 e. The highest BCUT2D eigenvalue weighted by Gasteiger charge is 2.19. The summed E-state index contributed by atoms with van der Waals surface area (Å²) >= 11 is 0. The van der Waals surface area contributed by atoms with Crippen molar-refractivity contribution in [1.82, 2.24) is 5.32 Å². The van der Waals surface area contributed by atoms with Crippen molar-refractivity contribution in [2.45, 2.75) is 19.4 Å². The molecule has 0 fully saturated rings. The molecule has 138 valence electrons. The van der Waals surface area contributed by atoms with Gasteiger partial charge in [0, 0.05) is 11.5 Å². The van der Waals surface area contributed by atoms with E-state index in [2.05, 4.69) is 5.32 Å². The zero-order valence-electron chi connectivity index (χ0n) is 14.4. The van der Waals surface area contributed by atoms with Crippen molar-refractivity contribution in [2.24, 2.45) is 0 Å². The van der Waals surface area contributed by atoms with Crippen LogP contribution in [0.25, 0.3) is 11.0 Å². The Morgan fingerprint density at radius 3 is 2.56 bits per heavy atom. The predicted octanol–water partition coefficient (Wildman–Crippen LogP) is 0.957. The second kappa shape index (κ2) is 7.33. The normalized spacial score (nSPS) is 11.9. The molecule has 0 spiro atoms. The second-order valence-electron chi connectivity index (χ2n) is 6.08. The standard InChI is InChI=1S/C20H17NO6/c1-11-14-8-7-13(22)9-16(14)27-20(26)15(11)10-17(23)21-18(19(24)25)12-5-3-2-4-6-12/h2-9,18,22H,10H2,1H3,(H,21,23)(H,24,25)/p-1/t18-/m0/s1. The number of hydrogen-bond acceptors (Lipinski definition) is 6. The van der Waals surface area contributed by atoms with Gasteiger partial charge in [0.15, 0.2) is 0 Å². The minimum absolute atomic E-state index is 0.0461. The molecule has 0 bridgehead atoms. The summed E-state index contributed by atoms with van der Waals surface area (Å²) in [4.78, 5) is 36.0. The number of amides is 1. The summed E-state index contributed by atoms with van der Waals surface area (Å²) in [5, 5.41) is 23.8. The number of carboxylic acids is 1. The molecule has 1 atom stereocenters. The third-order valence-electron chi connectivity index (χ3n) is 4.28. The highest BCUT2D eigenvalue weighted by molar-refractivity contribution is 5.87. The van der Waals surface area contributed by atoms with Gasteiger partial charge in [-0.2, -0.15) is 0 Å². The zero-order valence-corrected chi connectivity index (χ0v) is 14.4. The summed E-state index contributed by atoms with van der Waals surface area (Å²) in [6, 6.07) is 11.1. The lowest BCUT2D eigenvalue weighted by Crippen LogP contribution is -2.42. The molecule has 7 heteroatoms. The molecule has 1 aromatic heterocycles. The molecule has 27 heavy (non-hydrogen) atoms. The number of benzene rings is 2. The molecule has 0 saturated carbocycles. The fourth-order valence-corrected chi connectivity index (χ4v) is 2.88. The van der Waals surface area contributed by atoms with Gasteiger partial charge in [-0.1, -0.05) is 30.3 Å². The van der Waals surface area contributed by atoms with Gasteiger partial charge in [-0.3, -0.25) is 4.79 Å². The van der Waals surface area contributed by atoms with Gasteiger partial charge in [0.2, 0.25) is 5.91 Å². The number of nitrogens with one attached hydrogen (secondary N) is 1. The average Bonchev–Trinajstić information content (AvgIpc) is 2.63. The van der Waals surface area contributed by atoms with Gasteiger partial charge >= 0.3 is 5.63 Å². The Kier molecular flexibility index (Phi) is 4.94. The van der Waals surface area contributed by atoms with Gasteiger partial charge in [0.1, 0.15) is 11.3 Å². The van der Waals surface area contributed by atoms with E-state index in [0.29, 0.717) is 16.5 Å². The number of aryl methyl sites for hydroxylation is 1. The molecule has 7 nitrogen and oxygen atoms in total. The van der Waals surface area contributed by atoms with E-state index in [4.69, 9.17) is 4.42 Å². The van der Waals surface area contributed by atoms with Crippen molar-refractivity contribution in [2.75, 3.05) is 0 Å². The predicted molar refractivity (Wildman–Crippen MR) is 94.9 cm³/mol. The molecule has 0 aliphatic heterocycles. The maximum atomic E-state index is 12.4. The van der Waals surface area contributed by atoms with Gasteiger partial charge in [-0.15, -0.1) is 0 Å². The van der Waals surface area contributed by atoms with Crippen molar-refractivity contribution in [3.8, 4) is 5.75 Å². The zero-order chi connectivity index (χ0) is 19.6. The number of carboxylic acid groups (broad SMARTS) is 1. The first-order valence-corrected chi connectivity index (χ1v) is 8.17. The van der Waals surface area contributed by atoms with E-state index in [1.54, 1.807) is 43.3 Å². The van der Waals surface area contributed by atoms with Crippen molar-refractivity contribution in [1.29, 1.82) is 0 Å². The molecule has 1 amide bonds. The first-order valence-electron chi connectivity index (χ1n) is 8.17. The van der Waals surface area contributed by atoms with Gasteiger partial charge in [0.05, 0.1) is 24.0 Å². The Labute approximate surface area is 153 Å². The largest absolute Gasteiger partial charge is 0.548 e. The Bertz CT molecular complexity index is 1070. The SMILES string of the molecule is Cc1c(CC(=O)N[C@H](C(=O)[O-])c2ccccc2)c(=O)oc2cc(O)ccc12. The number of aromatic hydroxyl groups is 1. The first-order chi connectivity index (χ1) is 12.9. The van der Waals surface area contributed by atoms with Crippen LogP contribution in [0.1, 0.15) is 22.7 Å². The molecule has 0 aliphatic carbocycles. The van der Waals surface area contributed by atoms with Crippen molar-refractivity contribution >= 4 is 22.8 Å². The number of hydrogen-bond donors (Lipinski definition) is 2. The molecule has 0 unspecified atom stereocenters. The van der Waals surface area contributed by atoms with Gasteiger partial charge in [-0.25, -0.2) is 4.79 Å². The number of fused-ring (bicyclic) bond motifs is 1. The van der Waals surface area contributed by atoms with Gasteiger partial charge in [-0.05, 0) is 30.2 Å². The Balaban J connectivity index is 1.88. The molecule has 3 aromatic rings.